The van der Waals surface area contributed by atoms with E-state index in [1.54, 1.807) is 21.9 Å². The van der Waals surface area contributed by atoms with Gasteiger partial charge in [-0.15, -0.1) is 0 Å². The van der Waals surface area contributed by atoms with Crippen molar-refractivity contribution in [3.63, 3.8) is 0 Å². The van der Waals surface area contributed by atoms with E-state index >= 15 is 0 Å². The zero-order chi connectivity index (χ0) is 23.6. The summed E-state index contributed by atoms with van der Waals surface area (Å²) in [6, 6.07) is 13.7. The predicted molar refractivity (Wildman–Crippen MR) is 125 cm³/mol. The maximum Gasteiger partial charge on any atom is 0.240 e. The van der Waals surface area contributed by atoms with Crippen molar-refractivity contribution in [2.24, 2.45) is 5.92 Å². The SMILES string of the molecule is COc1ccc(S(=O)(=O)NC2CCN(C(=O)C3CC(=O)N(c4ccc(C)cc4)C3)CC2)cc1. The van der Waals surface area contributed by atoms with Crippen molar-refractivity contribution in [1.82, 2.24) is 9.62 Å². The van der Waals surface area contributed by atoms with E-state index in [1.165, 1.54) is 19.2 Å². The van der Waals surface area contributed by atoms with Gasteiger partial charge in [-0.3, -0.25) is 9.59 Å². The van der Waals surface area contributed by atoms with E-state index in [-0.39, 0.29) is 35.1 Å². The lowest BCUT2D eigenvalue weighted by Crippen LogP contribution is -2.48. The molecule has 2 saturated heterocycles. The average molecular weight is 472 g/mol. The molecule has 2 aliphatic heterocycles. The standard InChI is InChI=1S/C24H29N3O5S/c1-17-3-5-20(6-4-17)27-16-18(15-23(27)28)24(29)26-13-11-19(12-14-26)25-33(30,31)22-9-7-21(32-2)8-10-22/h3-10,18-19,25H,11-16H2,1-2H3. The Morgan fingerprint density at radius 3 is 2.27 bits per heavy atom. The molecule has 0 radical (unpaired) electrons. The smallest absolute Gasteiger partial charge is 0.240 e. The number of carbonyl (C=O) groups is 2. The quantitative estimate of drug-likeness (QED) is 0.698. The van der Waals surface area contributed by atoms with Crippen LogP contribution in [0.2, 0.25) is 0 Å². The minimum Gasteiger partial charge on any atom is -0.497 e. The van der Waals surface area contributed by atoms with E-state index in [9.17, 15) is 18.0 Å². The fourth-order valence-corrected chi connectivity index (χ4v) is 5.67. The summed E-state index contributed by atoms with van der Waals surface area (Å²) in [5.74, 6) is 0.146. The highest BCUT2D eigenvalue weighted by Gasteiger charge is 2.38. The molecule has 33 heavy (non-hydrogen) atoms. The van der Waals surface area contributed by atoms with Crippen LogP contribution in [0.4, 0.5) is 5.69 Å². The van der Waals surface area contributed by atoms with Gasteiger partial charge in [0.05, 0.1) is 17.9 Å². The van der Waals surface area contributed by atoms with Gasteiger partial charge in [0.1, 0.15) is 5.75 Å². The number of anilines is 1. The van der Waals surface area contributed by atoms with Crippen LogP contribution in [0.1, 0.15) is 24.8 Å². The first-order chi connectivity index (χ1) is 15.8. The summed E-state index contributed by atoms with van der Waals surface area (Å²) in [6.07, 6.45) is 1.27. The van der Waals surface area contributed by atoms with Gasteiger partial charge in [0.15, 0.2) is 0 Å². The van der Waals surface area contributed by atoms with Crippen molar-refractivity contribution in [3.8, 4) is 5.75 Å². The Hall–Kier alpha value is -2.91. The molecule has 9 heteroatoms. The van der Waals surface area contributed by atoms with E-state index < -0.39 is 10.0 Å². The molecule has 2 aromatic rings. The highest BCUT2D eigenvalue weighted by atomic mass is 32.2. The van der Waals surface area contributed by atoms with Crippen molar-refractivity contribution < 1.29 is 22.7 Å². The van der Waals surface area contributed by atoms with Gasteiger partial charge >= 0.3 is 0 Å². The lowest BCUT2D eigenvalue weighted by atomic mass is 10.0. The minimum atomic E-state index is -3.65. The molecule has 2 heterocycles. The molecule has 2 aromatic carbocycles. The number of rotatable bonds is 6. The molecule has 0 spiro atoms. The number of sulfonamides is 1. The van der Waals surface area contributed by atoms with Crippen LogP contribution in [0.15, 0.2) is 53.4 Å². The van der Waals surface area contributed by atoms with Gasteiger partial charge in [-0.2, -0.15) is 0 Å². The first-order valence-electron chi connectivity index (χ1n) is 11.1. The van der Waals surface area contributed by atoms with Crippen LogP contribution in [0.25, 0.3) is 0 Å². The number of nitrogens with one attached hydrogen (secondary N) is 1. The van der Waals surface area contributed by atoms with E-state index in [1.807, 2.05) is 31.2 Å². The second-order valence-corrected chi connectivity index (χ2v) is 10.4. The van der Waals surface area contributed by atoms with Crippen molar-refractivity contribution in [2.75, 3.05) is 31.6 Å². The molecule has 1 unspecified atom stereocenters. The summed E-state index contributed by atoms with van der Waals surface area (Å²) in [5.41, 5.74) is 1.93. The molecule has 1 atom stereocenters. The number of carbonyl (C=O) groups excluding carboxylic acids is 2. The first kappa shape index (κ1) is 23.3. The Bertz CT molecular complexity index is 1110. The second kappa shape index (κ2) is 9.52. The fraction of sp³-hybridized carbons (Fsp3) is 0.417. The number of aryl methyl sites for hydroxylation is 1. The van der Waals surface area contributed by atoms with Gasteiger partial charge in [-0.05, 0) is 56.2 Å². The molecular weight excluding hydrogens is 442 g/mol. The second-order valence-electron chi connectivity index (χ2n) is 8.64. The largest absolute Gasteiger partial charge is 0.497 e. The van der Waals surface area contributed by atoms with Crippen LogP contribution < -0.4 is 14.4 Å². The molecule has 0 bridgehead atoms. The molecule has 2 aliphatic rings. The number of hydrogen-bond donors (Lipinski definition) is 1. The summed E-state index contributed by atoms with van der Waals surface area (Å²) in [4.78, 5) is 29.2. The number of likely N-dealkylation sites (tertiary alicyclic amines) is 1. The number of ether oxygens (including phenoxy) is 1. The summed E-state index contributed by atoms with van der Waals surface area (Å²) in [5, 5.41) is 0. The summed E-state index contributed by atoms with van der Waals surface area (Å²) >= 11 is 0. The fourth-order valence-electron chi connectivity index (χ4n) is 4.37. The predicted octanol–water partition coefficient (Wildman–Crippen LogP) is 2.33. The summed E-state index contributed by atoms with van der Waals surface area (Å²) < 4.78 is 33.2. The van der Waals surface area contributed by atoms with Gasteiger partial charge in [-0.25, -0.2) is 13.1 Å². The van der Waals surface area contributed by atoms with E-state index in [0.717, 1.165) is 11.3 Å². The molecule has 0 aliphatic carbocycles. The van der Waals surface area contributed by atoms with Crippen LogP contribution in [0, 0.1) is 12.8 Å². The third-order valence-electron chi connectivity index (χ3n) is 6.32. The number of piperidine rings is 1. The Kier molecular flexibility index (Phi) is 6.71. The Morgan fingerprint density at radius 2 is 1.67 bits per heavy atom. The molecule has 2 amide bonds. The summed E-state index contributed by atoms with van der Waals surface area (Å²) in [6.45, 7) is 3.29. The van der Waals surface area contributed by atoms with Crippen molar-refractivity contribution in [3.05, 3.63) is 54.1 Å². The highest BCUT2D eigenvalue weighted by molar-refractivity contribution is 7.89. The third kappa shape index (κ3) is 5.20. The van der Waals surface area contributed by atoms with Crippen LogP contribution in [-0.2, 0) is 19.6 Å². The third-order valence-corrected chi connectivity index (χ3v) is 7.85. The van der Waals surface area contributed by atoms with E-state index in [0.29, 0.717) is 38.2 Å². The Balaban J connectivity index is 1.31. The van der Waals surface area contributed by atoms with Crippen molar-refractivity contribution in [2.45, 2.75) is 37.1 Å². The maximum absolute atomic E-state index is 13.0. The maximum atomic E-state index is 13.0. The van der Waals surface area contributed by atoms with Crippen molar-refractivity contribution >= 4 is 27.5 Å². The van der Waals surface area contributed by atoms with Gasteiger partial charge in [-0.1, -0.05) is 17.7 Å². The minimum absolute atomic E-state index is 0.0329. The van der Waals surface area contributed by atoms with Crippen LogP contribution in [-0.4, -0.2) is 57.9 Å². The number of benzene rings is 2. The molecule has 8 nitrogen and oxygen atoms in total. The monoisotopic (exact) mass is 471 g/mol. The van der Waals surface area contributed by atoms with Gasteiger partial charge in [0.25, 0.3) is 0 Å². The molecule has 0 aromatic heterocycles. The number of methoxy groups -OCH3 is 1. The highest BCUT2D eigenvalue weighted by Crippen LogP contribution is 2.28. The molecule has 176 valence electrons. The van der Waals surface area contributed by atoms with Gasteiger partial charge < -0.3 is 14.5 Å². The molecule has 4 rings (SSSR count). The Labute approximate surface area is 194 Å². The summed E-state index contributed by atoms with van der Waals surface area (Å²) in [7, 11) is -2.12. The lowest BCUT2D eigenvalue weighted by molar-refractivity contribution is -0.136. The van der Waals surface area contributed by atoms with E-state index in [2.05, 4.69) is 4.72 Å². The number of amides is 2. The number of nitrogens with zero attached hydrogens (tertiary/aromatic N) is 2. The van der Waals surface area contributed by atoms with Crippen LogP contribution in [0.3, 0.4) is 0 Å². The number of hydrogen-bond acceptors (Lipinski definition) is 5. The topological polar surface area (TPSA) is 96.0 Å². The van der Waals surface area contributed by atoms with E-state index in [4.69, 9.17) is 4.74 Å². The molecule has 2 fully saturated rings. The van der Waals surface area contributed by atoms with Crippen molar-refractivity contribution in [1.29, 1.82) is 0 Å². The zero-order valence-corrected chi connectivity index (χ0v) is 19.7. The first-order valence-corrected chi connectivity index (χ1v) is 12.6. The van der Waals surface area contributed by atoms with Gasteiger partial charge in [0, 0.05) is 37.8 Å². The van der Waals surface area contributed by atoms with Crippen LogP contribution in [0.5, 0.6) is 5.75 Å². The molecule has 0 saturated carbocycles. The van der Waals surface area contributed by atoms with Gasteiger partial charge in [0.2, 0.25) is 21.8 Å². The molecule has 1 N–H and O–H groups in total. The average Bonchev–Trinajstić information content (AvgIpc) is 3.21. The van der Waals surface area contributed by atoms with Crippen LogP contribution >= 0.6 is 0 Å². The lowest BCUT2D eigenvalue weighted by Gasteiger charge is -2.33. The normalized spacial score (nSPS) is 19.7. The molecular formula is C24H29N3O5S. The Morgan fingerprint density at radius 1 is 1.03 bits per heavy atom. The zero-order valence-electron chi connectivity index (χ0n) is 18.9.